The molecule has 25 heavy (non-hydrogen) atoms. The van der Waals surface area contributed by atoms with E-state index in [2.05, 4.69) is 21.4 Å². The van der Waals surface area contributed by atoms with Gasteiger partial charge in [0.05, 0.1) is 19.2 Å². The summed E-state index contributed by atoms with van der Waals surface area (Å²) in [6.45, 7) is 2.15. The molecule has 1 N–H and O–H groups in total. The number of carbonyl (C=O) groups excluding carboxylic acids is 1. The number of aromatic nitrogens is 2. The Bertz CT molecular complexity index is 583. The van der Waals surface area contributed by atoms with Crippen LogP contribution in [0.25, 0.3) is 0 Å². The first kappa shape index (κ1) is 17.9. The number of hydrogen-bond acceptors (Lipinski definition) is 4. The van der Waals surface area contributed by atoms with Gasteiger partial charge in [-0.25, -0.2) is 0 Å². The van der Waals surface area contributed by atoms with Crippen LogP contribution in [0, 0.1) is 11.3 Å². The molecule has 0 aromatic carbocycles. The lowest BCUT2D eigenvalue weighted by Gasteiger charge is -2.36. The zero-order chi connectivity index (χ0) is 17.5. The number of nitriles is 1. The predicted molar refractivity (Wildman–Crippen MR) is 95.6 cm³/mol. The molecule has 1 aliphatic carbocycles. The van der Waals surface area contributed by atoms with E-state index >= 15 is 0 Å². The smallest absolute Gasteiger partial charge is 0.235 e. The highest BCUT2D eigenvalue weighted by molar-refractivity contribution is 5.79. The summed E-state index contributed by atoms with van der Waals surface area (Å²) in [7, 11) is 0. The van der Waals surface area contributed by atoms with Crippen molar-refractivity contribution in [1.82, 2.24) is 20.0 Å². The van der Waals surface area contributed by atoms with Crippen LogP contribution in [0.3, 0.4) is 0 Å². The van der Waals surface area contributed by atoms with E-state index in [1.165, 1.54) is 6.42 Å². The van der Waals surface area contributed by atoms with E-state index in [0.29, 0.717) is 12.6 Å². The van der Waals surface area contributed by atoms with Gasteiger partial charge in [-0.2, -0.15) is 10.4 Å². The summed E-state index contributed by atoms with van der Waals surface area (Å²) < 4.78 is 1.95. The van der Waals surface area contributed by atoms with E-state index in [4.69, 9.17) is 0 Å². The van der Waals surface area contributed by atoms with Crippen molar-refractivity contribution in [2.75, 3.05) is 13.1 Å². The van der Waals surface area contributed by atoms with Gasteiger partial charge in [-0.15, -0.1) is 0 Å². The highest BCUT2D eigenvalue weighted by atomic mass is 16.2. The fourth-order valence-corrected chi connectivity index (χ4v) is 4.19. The molecule has 136 valence electrons. The molecule has 2 heterocycles. The monoisotopic (exact) mass is 343 g/mol. The van der Waals surface area contributed by atoms with Gasteiger partial charge in [0.1, 0.15) is 5.54 Å². The van der Waals surface area contributed by atoms with Gasteiger partial charge in [0, 0.05) is 18.4 Å². The number of rotatable bonds is 5. The van der Waals surface area contributed by atoms with Gasteiger partial charge in [-0.1, -0.05) is 32.1 Å². The van der Waals surface area contributed by atoms with E-state index in [-0.39, 0.29) is 5.91 Å². The van der Waals surface area contributed by atoms with E-state index in [1.54, 1.807) is 6.20 Å². The molecule has 1 saturated heterocycles. The largest absolute Gasteiger partial charge is 0.337 e. The average Bonchev–Trinajstić information content (AvgIpc) is 3.01. The summed E-state index contributed by atoms with van der Waals surface area (Å²) >= 11 is 0. The van der Waals surface area contributed by atoms with Gasteiger partial charge in [0.15, 0.2) is 0 Å². The van der Waals surface area contributed by atoms with Gasteiger partial charge in [-0.3, -0.25) is 14.4 Å². The number of nitrogens with one attached hydrogen (secondary N) is 1. The van der Waals surface area contributed by atoms with E-state index in [0.717, 1.165) is 64.5 Å². The van der Waals surface area contributed by atoms with Crippen molar-refractivity contribution >= 4 is 5.91 Å². The minimum absolute atomic E-state index is 0.00387. The molecule has 2 aliphatic rings. The second-order valence-corrected chi connectivity index (χ2v) is 7.50. The minimum Gasteiger partial charge on any atom is -0.337 e. The van der Waals surface area contributed by atoms with Crippen molar-refractivity contribution in [3.8, 4) is 6.07 Å². The van der Waals surface area contributed by atoms with Crippen LogP contribution in [0.15, 0.2) is 18.5 Å². The second-order valence-electron chi connectivity index (χ2n) is 7.50. The molecule has 6 nitrogen and oxygen atoms in total. The molecule has 1 atom stereocenters. The maximum absolute atomic E-state index is 12.7. The summed E-state index contributed by atoms with van der Waals surface area (Å²) in [5.41, 5.74) is -0.652. The zero-order valence-electron chi connectivity index (χ0n) is 15.0. The number of likely N-dealkylation sites (tertiary alicyclic amines) is 1. The van der Waals surface area contributed by atoms with Crippen LogP contribution >= 0.6 is 0 Å². The number of amides is 1. The molecule has 1 aromatic rings. The molecule has 2 fully saturated rings. The Morgan fingerprint density at radius 2 is 2.04 bits per heavy atom. The van der Waals surface area contributed by atoms with Crippen LogP contribution in [0.2, 0.25) is 0 Å². The maximum Gasteiger partial charge on any atom is 0.235 e. The summed E-state index contributed by atoms with van der Waals surface area (Å²) in [6.07, 6.45) is 13.1. The lowest BCUT2D eigenvalue weighted by Crippen LogP contribution is -2.53. The minimum atomic E-state index is -0.652. The zero-order valence-corrected chi connectivity index (χ0v) is 15.0. The Morgan fingerprint density at radius 1 is 1.24 bits per heavy atom. The summed E-state index contributed by atoms with van der Waals surface area (Å²) in [6, 6.07) is 4.68. The van der Waals surface area contributed by atoms with Crippen molar-refractivity contribution in [3.05, 3.63) is 18.5 Å². The van der Waals surface area contributed by atoms with E-state index < -0.39 is 5.54 Å². The molecular formula is C19H29N5O. The highest BCUT2D eigenvalue weighted by Crippen LogP contribution is 2.27. The van der Waals surface area contributed by atoms with Gasteiger partial charge < -0.3 is 5.32 Å². The molecule has 1 aromatic heterocycles. The molecule has 1 saturated carbocycles. The van der Waals surface area contributed by atoms with Crippen molar-refractivity contribution in [2.45, 2.75) is 75.9 Å². The molecule has 1 aliphatic heterocycles. The van der Waals surface area contributed by atoms with Gasteiger partial charge in [0.2, 0.25) is 5.91 Å². The number of carbonyl (C=O) groups is 1. The Morgan fingerprint density at radius 3 is 2.72 bits per heavy atom. The molecule has 0 spiro atoms. The SMILES string of the molecule is N#CC1(NC(=O)CN2CCCC[C@H]2Cn2cccn2)CCCCCC1. The van der Waals surface area contributed by atoms with Crippen LogP contribution in [-0.4, -0.2) is 45.3 Å². The van der Waals surface area contributed by atoms with Crippen molar-refractivity contribution in [3.63, 3.8) is 0 Å². The van der Waals surface area contributed by atoms with Crippen LogP contribution in [0.5, 0.6) is 0 Å². The van der Waals surface area contributed by atoms with Gasteiger partial charge >= 0.3 is 0 Å². The van der Waals surface area contributed by atoms with Crippen molar-refractivity contribution in [2.24, 2.45) is 0 Å². The molecule has 6 heteroatoms. The third-order valence-electron chi connectivity index (χ3n) is 5.60. The molecule has 3 rings (SSSR count). The first-order valence-electron chi connectivity index (χ1n) is 9.64. The summed E-state index contributed by atoms with van der Waals surface area (Å²) in [5.74, 6) is -0.00387. The first-order chi connectivity index (χ1) is 12.2. The number of piperidine rings is 1. The third-order valence-corrected chi connectivity index (χ3v) is 5.60. The lowest BCUT2D eigenvalue weighted by atomic mass is 9.91. The normalized spacial score (nSPS) is 24.2. The average molecular weight is 343 g/mol. The quantitative estimate of drug-likeness (QED) is 0.834. The fourth-order valence-electron chi connectivity index (χ4n) is 4.19. The summed E-state index contributed by atoms with van der Waals surface area (Å²) in [4.78, 5) is 14.9. The fraction of sp³-hybridized carbons (Fsp3) is 0.737. The van der Waals surface area contributed by atoms with Crippen LogP contribution in [0.4, 0.5) is 0 Å². The van der Waals surface area contributed by atoms with Crippen LogP contribution in [0.1, 0.15) is 57.8 Å². The molecule has 0 bridgehead atoms. The third kappa shape index (κ3) is 4.82. The standard InChI is InChI=1S/C19H29N5O/c20-16-19(9-4-1-2-5-10-19)22-18(25)15-23-12-6-3-8-17(23)14-24-13-7-11-21-24/h7,11,13,17H,1-6,8-10,12,14-15H2,(H,22,25)/t17-/m0/s1. The summed E-state index contributed by atoms with van der Waals surface area (Å²) in [5, 5.41) is 17.0. The maximum atomic E-state index is 12.7. The van der Waals surface area contributed by atoms with Crippen molar-refractivity contribution < 1.29 is 4.79 Å². The number of hydrogen-bond donors (Lipinski definition) is 1. The van der Waals surface area contributed by atoms with Crippen LogP contribution < -0.4 is 5.32 Å². The Kier molecular flexibility index (Phi) is 6.09. The molecule has 0 unspecified atom stereocenters. The van der Waals surface area contributed by atoms with E-state index in [9.17, 15) is 10.1 Å². The predicted octanol–water partition coefficient (Wildman–Crippen LogP) is 2.47. The topological polar surface area (TPSA) is 74.0 Å². The Labute approximate surface area is 150 Å². The Balaban J connectivity index is 1.58. The second kappa shape index (κ2) is 8.48. The lowest BCUT2D eigenvalue weighted by molar-refractivity contribution is -0.124. The first-order valence-corrected chi connectivity index (χ1v) is 9.64. The highest BCUT2D eigenvalue weighted by Gasteiger charge is 2.33. The molecule has 1 amide bonds. The van der Waals surface area contributed by atoms with Gasteiger partial charge in [0.25, 0.3) is 0 Å². The number of nitrogens with zero attached hydrogens (tertiary/aromatic N) is 4. The Hall–Kier alpha value is -1.87. The van der Waals surface area contributed by atoms with Crippen LogP contribution in [-0.2, 0) is 11.3 Å². The van der Waals surface area contributed by atoms with Gasteiger partial charge in [-0.05, 0) is 38.3 Å². The molecule has 0 radical (unpaired) electrons. The molecular weight excluding hydrogens is 314 g/mol. The van der Waals surface area contributed by atoms with Crippen molar-refractivity contribution in [1.29, 1.82) is 5.26 Å². The van der Waals surface area contributed by atoms with E-state index in [1.807, 2.05) is 16.9 Å².